The summed E-state index contributed by atoms with van der Waals surface area (Å²) < 4.78 is 4.63. The fraction of sp³-hybridized carbons (Fsp3) is 0.533. The van der Waals surface area contributed by atoms with Crippen LogP contribution in [0.5, 0.6) is 0 Å². The Kier molecular flexibility index (Phi) is 2.37. The van der Waals surface area contributed by atoms with Crippen molar-refractivity contribution in [3.63, 3.8) is 0 Å². The number of aldehydes is 1. The van der Waals surface area contributed by atoms with E-state index in [4.69, 9.17) is 0 Å². The quantitative estimate of drug-likeness (QED) is 0.442. The van der Waals surface area contributed by atoms with Crippen LogP contribution in [0, 0.1) is 17.3 Å². The Labute approximate surface area is 111 Å². The molecule has 0 aromatic heterocycles. The van der Waals surface area contributed by atoms with Gasteiger partial charge in [-0.15, -0.1) is 0 Å². The fourth-order valence-electron chi connectivity index (χ4n) is 3.75. The highest BCUT2D eigenvalue weighted by molar-refractivity contribution is 6.12. The van der Waals surface area contributed by atoms with Crippen molar-refractivity contribution in [1.82, 2.24) is 0 Å². The number of allylic oxidation sites excluding steroid dienone is 2. The average Bonchev–Trinajstić information content (AvgIpc) is 3.07. The highest BCUT2D eigenvalue weighted by atomic mass is 16.6. The monoisotopic (exact) mass is 260 g/mol. The fourth-order valence-corrected chi connectivity index (χ4v) is 3.75. The Morgan fingerprint density at radius 3 is 2.53 bits per heavy atom. The van der Waals surface area contributed by atoms with Gasteiger partial charge in [0.05, 0.1) is 0 Å². The molecule has 19 heavy (non-hydrogen) atoms. The zero-order valence-electron chi connectivity index (χ0n) is 11.3. The summed E-state index contributed by atoms with van der Waals surface area (Å²) in [7, 11) is 0. The molecule has 0 amide bonds. The number of carbonyl (C=O) groups is 3. The molecule has 1 fully saturated rings. The molecule has 3 rings (SSSR count). The second kappa shape index (κ2) is 3.65. The SMILES string of the molecule is CC1=C(CC2(C)C(C=O)=C(C)C3CC32)C(=O)OC1=O. The molecule has 3 atom stereocenters. The molecule has 0 bridgehead atoms. The smallest absolute Gasteiger partial charge is 0.342 e. The van der Waals surface area contributed by atoms with Gasteiger partial charge < -0.3 is 4.74 Å². The molecular formula is C15H16O4. The number of hydrogen-bond donors (Lipinski definition) is 0. The minimum absolute atomic E-state index is 0.323. The lowest BCUT2D eigenvalue weighted by Gasteiger charge is -2.28. The molecule has 1 aliphatic heterocycles. The van der Waals surface area contributed by atoms with Gasteiger partial charge >= 0.3 is 11.9 Å². The topological polar surface area (TPSA) is 60.4 Å². The normalized spacial score (nSPS) is 36.8. The van der Waals surface area contributed by atoms with Crippen molar-refractivity contribution in [1.29, 1.82) is 0 Å². The Bertz CT molecular complexity index is 581. The predicted molar refractivity (Wildman–Crippen MR) is 66.9 cm³/mol. The lowest BCUT2D eigenvalue weighted by Crippen LogP contribution is -2.23. The van der Waals surface area contributed by atoms with E-state index in [1.165, 1.54) is 0 Å². The Balaban J connectivity index is 1.98. The zero-order valence-corrected chi connectivity index (χ0v) is 11.3. The van der Waals surface area contributed by atoms with Crippen molar-refractivity contribution in [3.8, 4) is 0 Å². The van der Waals surface area contributed by atoms with E-state index in [0.29, 0.717) is 29.4 Å². The summed E-state index contributed by atoms with van der Waals surface area (Å²) in [4.78, 5) is 34.5. The minimum Gasteiger partial charge on any atom is -0.386 e. The maximum atomic E-state index is 11.7. The third kappa shape index (κ3) is 1.49. The molecule has 2 aliphatic carbocycles. The molecule has 3 aliphatic rings. The zero-order chi connectivity index (χ0) is 13.9. The summed E-state index contributed by atoms with van der Waals surface area (Å²) in [6.07, 6.45) is 2.42. The van der Waals surface area contributed by atoms with E-state index in [2.05, 4.69) is 4.74 Å². The molecule has 100 valence electrons. The number of cyclic esters (lactones) is 2. The highest BCUT2D eigenvalue weighted by Gasteiger charge is 2.59. The second-order valence-corrected chi connectivity index (χ2v) is 6.04. The summed E-state index contributed by atoms with van der Waals surface area (Å²) >= 11 is 0. The van der Waals surface area contributed by atoms with E-state index < -0.39 is 11.9 Å². The van der Waals surface area contributed by atoms with Crippen molar-refractivity contribution < 1.29 is 19.1 Å². The molecule has 0 aromatic carbocycles. The second-order valence-electron chi connectivity index (χ2n) is 6.04. The van der Waals surface area contributed by atoms with Gasteiger partial charge in [-0.05, 0) is 44.1 Å². The predicted octanol–water partition coefficient (Wildman–Crippen LogP) is 1.95. The van der Waals surface area contributed by atoms with Crippen LogP contribution >= 0.6 is 0 Å². The Morgan fingerprint density at radius 1 is 1.32 bits per heavy atom. The van der Waals surface area contributed by atoms with Gasteiger partial charge in [0.15, 0.2) is 0 Å². The molecule has 0 spiro atoms. The van der Waals surface area contributed by atoms with Gasteiger partial charge in [-0.25, -0.2) is 9.59 Å². The van der Waals surface area contributed by atoms with Crippen molar-refractivity contribution in [2.75, 3.05) is 0 Å². The molecule has 3 unspecified atom stereocenters. The summed E-state index contributed by atoms with van der Waals surface area (Å²) in [5.41, 5.74) is 2.46. The van der Waals surface area contributed by atoms with Gasteiger partial charge in [-0.2, -0.15) is 0 Å². The van der Waals surface area contributed by atoms with Crippen LogP contribution in [-0.2, 0) is 19.1 Å². The Hall–Kier alpha value is -1.71. The van der Waals surface area contributed by atoms with Crippen LogP contribution in [0.15, 0.2) is 22.3 Å². The van der Waals surface area contributed by atoms with Gasteiger partial charge in [0.2, 0.25) is 0 Å². The summed E-state index contributed by atoms with van der Waals surface area (Å²) in [6.45, 7) is 5.63. The summed E-state index contributed by atoms with van der Waals surface area (Å²) in [5.74, 6) is -0.186. The van der Waals surface area contributed by atoms with Crippen molar-refractivity contribution in [2.45, 2.75) is 33.6 Å². The van der Waals surface area contributed by atoms with Crippen LogP contribution < -0.4 is 0 Å². The first kappa shape index (κ1) is 12.3. The van der Waals surface area contributed by atoms with Crippen LogP contribution in [0.3, 0.4) is 0 Å². The standard InChI is InChI=1S/C15H16O4/c1-7-9-4-11(9)15(3,12(7)6-16)5-10-8(2)13(17)19-14(10)18/h6,9,11H,4-5H2,1-3H3. The van der Waals surface area contributed by atoms with Gasteiger partial charge in [0.1, 0.15) is 6.29 Å². The molecule has 0 saturated heterocycles. The maximum Gasteiger partial charge on any atom is 0.342 e. The van der Waals surface area contributed by atoms with Gasteiger partial charge in [-0.3, -0.25) is 4.79 Å². The third-order valence-corrected chi connectivity index (χ3v) is 5.06. The summed E-state index contributed by atoms with van der Waals surface area (Å²) in [6, 6.07) is 0. The number of rotatable bonds is 3. The van der Waals surface area contributed by atoms with Crippen LogP contribution in [0.25, 0.3) is 0 Å². The first-order chi connectivity index (χ1) is 8.90. The minimum atomic E-state index is -0.553. The van der Waals surface area contributed by atoms with Gasteiger partial charge in [0.25, 0.3) is 0 Å². The van der Waals surface area contributed by atoms with Crippen LogP contribution in [-0.4, -0.2) is 18.2 Å². The number of carbonyl (C=O) groups excluding carboxylic acids is 3. The van der Waals surface area contributed by atoms with E-state index in [-0.39, 0.29) is 5.41 Å². The third-order valence-electron chi connectivity index (χ3n) is 5.06. The molecule has 4 nitrogen and oxygen atoms in total. The molecule has 0 N–H and O–H groups in total. The highest BCUT2D eigenvalue weighted by Crippen LogP contribution is 2.66. The maximum absolute atomic E-state index is 11.7. The number of hydrogen-bond acceptors (Lipinski definition) is 4. The molecule has 0 aromatic rings. The molecule has 4 heteroatoms. The average molecular weight is 260 g/mol. The largest absolute Gasteiger partial charge is 0.386 e. The first-order valence-electron chi connectivity index (χ1n) is 6.53. The van der Waals surface area contributed by atoms with Gasteiger partial charge in [-0.1, -0.05) is 12.5 Å². The van der Waals surface area contributed by atoms with Gasteiger partial charge in [0, 0.05) is 16.6 Å². The lowest BCUT2D eigenvalue weighted by atomic mass is 9.74. The van der Waals surface area contributed by atoms with Crippen molar-refractivity contribution in [3.05, 3.63) is 22.3 Å². The van der Waals surface area contributed by atoms with E-state index in [1.807, 2.05) is 13.8 Å². The molecule has 1 saturated carbocycles. The van der Waals surface area contributed by atoms with Crippen molar-refractivity contribution >= 4 is 18.2 Å². The van der Waals surface area contributed by atoms with E-state index >= 15 is 0 Å². The first-order valence-corrected chi connectivity index (χ1v) is 6.53. The number of ether oxygens (including phenoxy) is 1. The van der Waals surface area contributed by atoms with Crippen molar-refractivity contribution in [2.24, 2.45) is 17.3 Å². The number of esters is 2. The lowest BCUT2D eigenvalue weighted by molar-refractivity contribution is -0.151. The summed E-state index contributed by atoms with van der Waals surface area (Å²) in [5, 5.41) is 0. The molecular weight excluding hydrogens is 244 g/mol. The van der Waals surface area contributed by atoms with Crippen LogP contribution in [0.4, 0.5) is 0 Å². The molecule has 0 radical (unpaired) electrons. The Morgan fingerprint density at radius 2 is 2.00 bits per heavy atom. The number of fused-ring (bicyclic) bond motifs is 1. The van der Waals surface area contributed by atoms with E-state index in [0.717, 1.165) is 23.9 Å². The molecule has 1 heterocycles. The van der Waals surface area contributed by atoms with Crippen LogP contribution in [0.2, 0.25) is 0 Å². The van der Waals surface area contributed by atoms with E-state index in [1.54, 1.807) is 6.92 Å². The van der Waals surface area contributed by atoms with E-state index in [9.17, 15) is 14.4 Å². The van der Waals surface area contributed by atoms with Crippen LogP contribution in [0.1, 0.15) is 33.6 Å².